The molecule has 1 N–H and O–H groups in total. The minimum absolute atomic E-state index is 0.000302. The van der Waals surface area contributed by atoms with Crippen molar-refractivity contribution in [2.75, 3.05) is 4.90 Å². The Balaban J connectivity index is 1.89. The number of benzene rings is 2. The van der Waals surface area contributed by atoms with Crippen LogP contribution in [0.3, 0.4) is 0 Å². The molecule has 128 valence electrons. The van der Waals surface area contributed by atoms with Crippen LogP contribution in [0.25, 0.3) is 6.08 Å². The molecule has 1 aliphatic heterocycles. The number of para-hydroxylation sites is 1. The van der Waals surface area contributed by atoms with E-state index >= 15 is 0 Å². The van der Waals surface area contributed by atoms with Crippen molar-refractivity contribution in [1.29, 1.82) is 0 Å². The highest BCUT2D eigenvalue weighted by atomic mass is 16.2. The first-order chi connectivity index (χ1) is 12.1. The van der Waals surface area contributed by atoms with Gasteiger partial charge in [-0.3, -0.25) is 9.59 Å². The molecule has 2 atom stereocenters. The molecule has 2 amide bonds. The van der Waals surface area contributed by atoms with E-state index in [1.165, 1.54) is 6.92 Å². The summed E-state index contributed by atoms with van der Waals surface area (Å²) in [5.74, 6) is -0.110. The number of rotatable bonds is 3. The fraction of sp³-hybridized carbons (Fsp3) is 0.238. The summed E-state index contributed by atoms with van der Waals surface area (Å²) in [7, 11) is 0. The van der Waals surface area contributed by atoms with Crippen molar-refractivity contribution in [3.05, 3.63) is 71.8 Å². The number of amides is 2. The summed E-state index contributed by atoms with van der Waals surface area (Å²) >= 11 is 0. The van der Waals surface area contributed by atoms with Crippen LogP contribution >= 0.6 is 0 Å². The highest BCUT2D eigenvalue weighted by molar-refractivity contribution is 6.05. The molecule has 2 unspecified atom stereocenters. The van der Waals surface area contributed by atoms with Gasteiger partial charge in [-0.05, 0) is 36.6 Å². The number of carbonyl (C=O) groups is 2. The average molecular weight is 334 g/mol. The highest BCUT2D eigenvalue weighted by Crippen LogP contribution is 2.37. The van der Waals surface area contributed by atoms with Gasteiger partial charge in [0.1, 0.15) is 0 Å². The molecule has 25 heavy (non-hydrogen) atoms. The van der Waals surface area contributed by atoms with Gasteiger partial charge in [-0.1, -0.05) is 48.5 Å². The lowest BCUT2D eigenvalue weighted by atomic mass is 9.91. The lowest BCUT2D eigenvalue weighted by molar-refractivity contribution is -0.119. The first-order valence-electron chi connectivity index (χ1n) is 8.48. The van der Waals surface area contributed by atoms with Crippen molar-refractivity contribution in [2.24, 2.45) is 0 Å². The van der Waals surface area contributed by atoms with Crippen LogP contribution in [0.4, 0.5) is 5.69 Å². The smallest absolute Gasteiger partial charge is 0.251 e. The van der Waals surface area contributed by atoms with E-state index in [-0.39, 0.29) is 23.9 Å². The van der Waals surface area contributed by atoms with E-state index in [9.17, 15) is 9.59 Å². The number of hydrogen-bond donors (Lipinski definition) is 1. The molecular weight excluding hydrogens is 312 g/mol. The lowest BCUT2D eigenvalue weighted by Gasteiger charge is -2.39. The molecule has 4 nitrogen and oxygen atoms in total. The van der Waals surface area contributed by atoms with Gasteiger partial charge in [0, 0.05) is 24.7 Å². The van der Waals surface area contributed by atoms with Crippen molar-refractivity contribution in [1.82, 2.24) is 5.32 Å². The summed E-state index contributed by atoms with van der Waals surface area (Å²) in [6.45, 7) is 3.53. The number of carbonyl (C=O) groups excluding carboxylic acids is 2. The molecule has 0 aliphatic carbocycles. The quantitative estimate of drug-likeness (QED) is 0.870. The zero-order valence-electron chi connectivity index (χ0n) is 14.5. The number of fused-ring (bicyclic) bond motifs is 1. The predicted octanol–water partition coefficient (Wildman–Crippen LogP) is 3.70. The Kier molecular flexibility index (Phi) is 4.98. The van der Waals surface area contributed by atoms with E-state index in [2.05, 4.69) is 5.32 Å². The minimum Gasteiger partial charge on any atom is -0.349 e. The summed E-state index contributed by atoms with van der Waals surface area (Å²) in [6, 6.07) is 17.5. The second-order valence-corrected chi connectivity index (χ2v) is 6.35. The van der Waals surface area contributed by atoms with E-state index in [0.717, 1.165) is 16.8 Å². The Morgan fingerprint density at radius 3 is 2.48 bits per heavy atom. The Labute approximate surface area is 148 Å². The van der Waals surface area contributed by atoms with E-state index in [1.807, 2.05) is 72.5 Å². The van der Waals surface area contributed by atoms with Crippen molar-refractivity contribution in [3.8, 4) is 0 Å². The molecule has 2 aromatic carbocycles. The van der Waals surface area contributed by atoms with Crippen LogP contribution in [0.15, 0.2) is 60.7 Å². The maximum atomic E-state index is 12.8. The monoisotopic (exact) mass is 334 g/mol. The molecule has 0 spiro atoms. The van der Waals surface area contributed by atoms with E-state index in [0.29, 0.717) is 6.42 Å². The zero-order valence-corrected chi connectivity index (χ0v) is 14.5. The first kappa shape index (κ1) is 17.0. The molecule has 0 saturated carbocycles. The average Bonchev–Trinajstić information content (AvgIpc) is 2.60. The van der Waals surface area contributed by atoms with Gasteiger partial charge in [0.2, 0.25) is 5.91 Å². The maximum absolute atomic E-state index is 12.8. The van der Waals surface area contributed by atoms with Crippen LogP contribution in [0.2, 0.25) is 0 Å². The summed E-state index contributed by atoms with van der Waals surface area (Å²) < 4.78 is 0. The predicted molar refractivity (Wildman–Crippen MR) is 100 cm³/mol. The van der Waals surface area contributed by atoms with Gasteiger partial charge < -0.3 is 10.2 Å². The van der Waals surface area contributed by atoms with Gasteiger partial charge in [0.25, 0.3) is 5.91 Å². The van der Waals surface area contributed by atoms with Crippen LogP contribution in [0.1, 0.15) is 37.4 Å². The third-order valence-corrected chi connectivity index (χ3v) is 4.42. The Morgan fingerprint density at radius 1 is 1.08 bits per heavy atom. The minimum atomic E-state index is -0.0640. The van der Waals surface area contributed by atoms with Crippen LogP contribution in [-0.2, 0) is 9.59 Å². The SMILES string of the molecule is CC(=O)NC1CC(C)N(C(=O)C=Cc2ccccc2)c2ccccc21. The summed E-state index contributed by atoms with van der Waals surface area (Å²) in [6.07, 6.45) is 4.14. The highest BCUT2D eigenvalue weighted by Gasteiger charge is 2.32. The van der Waals surface area contributed by atoms with Crippen LogP contribution in [0.5, 0.6) is 0 Å². The largest absolute Gasteiger partial charge is 0.349 e. The second-order valence-electron chi connectivity index (χ2n) is 6.35. The lowest BCUT2D eigenvalue weighted by Crippen LogP contribution is -2.45. The molecule has 0 fully saturated rings. The summed E-state index contributed by atoms with van der Waals surface area (Å²) in [4.78, 5) is 26.1. The van der Waals surface area contributed by atoms with Gasteiger partial charge in [-0.15, -0.1) is 0 Å². The van der Waals surface area contributed by atoms with E-state index in [4.69, 9.17) is 0 Å². The van der Waals surface area contributed by atoms with Crippen LogP contribution in [0, 0.1) is 0 Å². The van der Waals surface area contributed by atoms with Gasteiger partial charge in [-0.25, -0.2) is 0 Å². The first-order valence-corrected chi connectivity index (χ1v) is 8.48. The molecule has 3 rings (SSSR count). The number of hydrogen-bond acceptors (Lipinski definition) is 2. The fourth-order valence-corrected chi connectivity index (χ4v) is 3.34. The van der Waals surface area contributed by atoms with E-state index < -0.39 is 0 Å². The van der Waals surface area contributed by atoms with Gasteiger partial charge >= 0.3 is 0 Å². The Bertz CT molecular complexity index is 799. The normalized spacial score (nSPS) is 19.5. The second kappa shape index (κ2) is 7.34. The number of anilines is 1. The van der Waals surface area contributed by atoms with Crippen molar-refractivity contribution in [2.45, 2.75) is 32.4 Å². The molecule has 0 bridgehead atoms. The zero-order chi connectivity index (χ0) is 17.8. The number of nitrogens with zero attached hydrogens (tertiary/aromatic N) is 1. The van der Waals surface area contributed by atoms with E-state index in [1.54, 1.807) is 6.08 Å². The third kappa shape index (κ3) is 3.79. The molecule has 0 aromatic heterocycles. The molecule has 1 aliphatic rings. The molecule has 1 heterocycles. The van der Waals surface area contributed by atoms with Gasteiger partial charge in [0.15, 0.2) is 0 Å². The number of nitrogens with one attached hydrogen (secondary N) is 1. The van der Waals surface area contributed by atoms with Gasteiger partial charge in [0.05, 0.1) is 6.04 Å². The Hall–Kier alpha value is -2.88. The van der Waals surface area contributed by atoms with Crippen molar-refractivity contribution < 1.29 is 9.59 Å². The van der Waals surface area contributed by atoms with Crippen LogP contribution < -0.4 is 10.2 Å². The fourth-order valence-electron chi connectivity index (χ4n) is 3.34. The van der Waals surface area contributed by atoms with Crippen LogP contribution in [-0.4, -0.2) is 17.9 Å². The summed E-state index contributed by atoms with van der Waals surface area (Å²) in [5.41, 5.74) is 2.84. The van der Waals surface area contributed by atoms with Crippen molar-refractivity contribution in [3.63, 3.8) is 0 Å². The summed E-state index contributed by atoms with van der Waals surface area (Å²) in [5, 5.41) is 2.99. The molecule has 0 saturated heterocycles. The van der Waals surface area contributed by atoms with Crippen molar-refractivity contribution >= 4 is 23.6 Å². The molecular formula is C21H22N2O2. The topological polar surface area (TPSA) is 49.4 Å². The maximum Gasteiger partial charge on any atom is 0.251 e. The van der Waals surface area contributed by atoms with Gasteiger partial charge in [-0.2, -0.15) is 0 Å². The third-order valence-electron chi connectivity index (χ3n) is 4.42. The standard InChI is InChI=1S/C21H22N2O2/c1-15-14-19(22-16(2)24)18-10-6-7-11-20(18)23(15)21(25)13-12-17-8-4-3-5-9-17/h3-13,15,19H,14H2,1-2H3,(H,22,24). The molecule has 4 heteroatoms. The Morgan fingerprint density at radius 2 is 1.76 bits per heavy atom. The molecule has 0 radical (unpaired) electrons. The molecule has 2 aromatic rings.